The fourth-order valence-corrected chi connectivity index (χ4v) is 4.59. The number of thioether (sulfide) groups is 1. The highest BCUT2D eigenvalue weighted by Gasteiger charge is 2.31. The third-order valence-electron chi connectivity index (χ3n) is 4.43. The average molecular weight is 380 g/mol. The van der Waals surface area contributed by atoms with Gasteiger partial charge in [0.2, 0.25) is 5.91 Å². The molecule has 0 saturated carbocycles. The number of amides is 2. The summed E-state index contributed by atoms with van der Waals surface area (Å²) >= 11 is 7.53. The summed E-state index contributed by atoms with van der Waals surface area (Å²) in [6, 6.07) is 7.18. The Labute approximate surface area is 157 Å². The lowest BCUT2D eigenvalue weighted by atomic mass is 9.92. The molecule has 1 aromatic rings. The Kier molecular flexibility index (Phi) is 5.69. The zero-order valence-electron chi connectivity index (χ0n) is 14.4. The fourth-order valence-electron chi connectivity index (χ4n) is 3.45. The van der Waals surface area contributed by atoms with Gasteiger partial charge >= 0.3 is 0 Å². The van der Waals surface area contributed by atoms with E-state index in [0.29, 0.717) is 27.7 Å². The molecule has 1 saturated heterocycles. The molecule has 0 aliphatic carbocycles. The lowest BCUT2D eigenvalue weighted by Gasteiger charge is -2.35. The molecule has 0 unspecified atom stereocenters. The summed E-state index contributed by atoms with van der Waals surface area (Å²) in [5.41, 5.74) is 0.616. The smallest absolute Gasteiger partial charge is 0.254 e. The first-order valence-corrected chi connectivity index (χ1v) is 9.84. The van der Waals surface area contributed by atoms with E-state index in [1.54, 1.807) is 12.1 Å². The van der Waals surface area contributed by atoms with Crippen molar-refractivity contribution in [2.24, 2.45) is 16.8 Å². The fraction of sp³-hybridized carbons (Fsp3) is 0.500. The third-order valence-corrected chi connectivity index (χ3v) is 5.71. The Hall–Kier alpha value is -1.53. The first-order chi connectivity index (χ1) is 12.0. The van der Waals surface area contributed by atoms with Crippen molar-refractivity contribution in [3.8, 4) is 0 Å². The number of halogens is 1. The zero-order valence-corrected chi connectivity index (χ0v) is 16.0. The molecule has 2 amide bonds. The van der Waals surface area contributed by atoms with Crippen LogP contribution in [0.4, 0.5) is 5.69 Å². The third kappa shape index (κ3) is 4.18. The highest BCUT2D eigenvalue weighted by atomic mass is 35.5. The Morgan fingerprint density at radius 3 is 2.64 bits per heavy atom. The molecule has 2 aliphatic heterocycles. The van der Waals surface area contributed by atoms with E-state index in [1.807, 2.05) is 17.0 Å². The molecule has 7 heteroatoms. The standard InChI is InChI=1S/C18H22ClN3O2S/c1-12-7-13(2)10-21(9-12)17(24)11-25-18-20-8-16(23)22(18)15-6-4-3-5-14(15)19/h3-6,12-13H,7-11H2,1-2H3/t12-,13+. The molecule has 0 spiro atoms. The number of benzene rings is 1. The second-order valence-electron chi connectivity index (χ2n) is 6.81. The SMILES string of the molecule is C[C@@H]1C[C@H](C)CN(C(=O)CSC2=NCC(=O)N2c2ccccc2Cl)C1. The van der Waals surface area contributed by atoms with Crippen LogP contribution in [0.25, 0.3) is 0 Å². The van der Waals surface area contributed by atoms with E-state index in [0.717, 1.165) is 13.1 Å². The summed E-state index contributed by atoms with van der Waals surface area (Å²) in [4.78, 5) is 32.5. The van der Waals surface area contributed by atoms with Gasteiger partial charge in [0, 0.05) is 13.1 Å². The molecule has 134 valence electrons. The van der Waals surface area contributed by atoms with Gasteiger partial charge in [0.15, 0.2) is 5.17 Å². The number of amidine groups is 1. The summed E-state index contributed by atoms with van der Waals surface area (Å²) in [5.74, 6) is 1.32. The number of likely N-dealkylation sites (tertiary alicyclic amines) is 1. The Balaban J connectivity index is 1.65. The quantitative estimate of drug-likeness (QED) is 0.809. The summed E-state index contributed by atoms with van der Waals surface area (Å²) in [6.07, 6.45) is 1.17. The Morgan fingerprint density at radius 2 is 1.96 bits per heavy atom. The lowest BCUT2D eigenvalue weighted by Crippen LogP contribution is -2.43. The van der Waals surface area contributed by atoms with Crippen molar-refractivity contribution in [3.63, 3.8) is 0 Å². The number of aliphatic imine (C=N–C) groups is 1. The van der Waals surface area contributed by atoms with Crippen molar-refractivity contribution in [2.45, 2.75) is 20.3 Å². The number of nitrogens with zero attached hydrogens (tertiary/aromatic N) is 3. The molecule has 2 heterocycles. The Morgan fingerprint density at radius 1 is 1.28 bits per heavy atom. The first kappa shape index (κ1) is 18.3. The number of para-hydroxylation sites is 1. The summed E-state index contributed by atoms with van der Waals surface area (Å²) in [7, 11) is 0. The molecule has 0 bridgehead atoms. The van der Waals surface area contributed by atoms with E-state index in [-0.39, 0.29) is 24.1 Å². The number of anilines is 1. The number of hydrogen-bond acceptors (Lipinski definition) is 4. The lowest BCUT2D eigenvalue weighted by molar-refractivity contribution is -0.131. The van der Waals surface area contributed by atoms with Gasteiger partial charge in [-0.15, -0.1) is 0 Å². The monoisotopic (exact) mass is 379 g/mol. The largest absolute Gasteiger partial charge is 0.341 e. The van der Waals surface area contributed by atoms with Gasteiger partial charge in [-0.1, -0.05) is 49.3 Å². The number of rotatable bonds is 3. The predicted octanol–water partition coefficient (Wildman–Crippen LogP) is 3.28. The molecule has 25 heavy (non-hydrogen) atoms. The summed E-state index contributed by atoms with van der Waals surface area (Å²) in [5, 5.41) is 1.04. The molecule has 0 N–H and O–H groups in total. The van der Waals surface area contributed by atoms with Crippen LogP contribution in [0.1, 0.15) is 20.3 Å². The second-order valence-corrected chi connectivity index (χ2v) is 8.16. The zero-order chi connectivity index (χ0) is 18.0. The van der Waals surface area contributed by atoms with E-state index in [9.17, 15) is 9.59 Å². The molecule has 5 nitrogen and oxygen atoms in total. The van der Waals surface area contributed by atoms with Crippen LogP contribution in [0.2, 0.25) is 5.02 Å². The molecule has 0 radical (unpaired) electrons. The van der Waals surface area contributed by atoms with Crippen molar-refractivity contribution < 1.29 is 9.59 Å². The van der Waals surface area contributed by atoms with E-state index in [2.05, 4.69) is 18.8 Å². The molecule has 2 aliphatic rings. The molecular formula is C18H22ClN3O2S. The minimum absolute atomic E-state index is 0.0968. The topological polar surface area (TPSA) is 53.0 Å². The van der Waals surface area contributed by atoms with Gasteiger partial charge in [0.25, 0.3) is 5.91 Å². The highest BCUT2D eigenvalue weighted by molar-refractivity contribution is 8.14. The maximum atomic E-state index is 12.6. The first-order valence-electron chi connectivity index (χ1n) is 8.48. The van der Waals surface area contributed by atoms with E-state index in [1.165, 1.54) is 23.1 Å². The van der Waals surface area contributed by atoms with E-state index < -0.39 is 0 Å². The van der Waals surface area contributed by atoms with Gasteiger partial charge in [-0.2, -0.15) is 0 Å². The molecule has 2 atom stereocenters. The molecular weight excluding hydrogens is 358 g/mol. The van der Waals surface area contributed by atoms with E-state index >= 15 is 0 Å². The van der Waals surface area contributed by atoms with Crippen molar-refractivity contribution >= 4 is 46.0 Å². The van der Waals surface area contributed by atoms with Crippen LogP contribution in [-0.2, 0) is 9.59 Å². The number of piperidine rings is 1. The van der Waals surface area contributed by atoms with Crippen LogP contribution >= 0.6 is 23.4 Å². The summed E-state index contributed by atoms with van der Waals surface area (Å²) < 4.78 is 0. The van der Waals surface area contributed by atoms with Crippen LogP contribution in [-0.4, -0.2) is 47.3 Å². The van der Waals surface area contributed by atoms with Gasteiger partial charge in [0.05, 0.1) is 16.5 Å². The minimum Gasteiger partial charge on any atom is -0.341 e. The molecule has 0 aromatic heterocycles. The second kappa shape index (κ2) is 7.79. The van der Waals surface area contributed by atoms with Crippen LogP contribution in [0, 0.1) is 11.8 Å². The van der Waals surface area contributed by atoms with Gasteiger partial charge in [0.1, 0.15) is 6.54 Å². The van der Waals surface area contributed by atoms with Crippen molar-refractivity contribution in [1.82, 2.24) is 4.90 Å². The maximum Gasteiger partial charge on any atom is 0.254 e. The van der Waals surface area contributed by atoms with Crippen LogP contribution in [0.5, 0.6) is 0 Å². The van der Waals surface area contributed by atoms with Crippen LogP contribution < -0.4 is 4.90 Å². The molecule has 3 rings (SSSR count). The van der Waals surface area contributed by atoms with Gasteiger partial charge in [-0.3, -0.25) is 19.5 Å². The van der Waals surface area contributed by atoms with Crippen molar-refractivity contribution in [3.05, 3.63) is 29.3 Å². The van der Waals surface area contributed by atoms with Crippen LogP contribution in [0.3, 0.4) is 0 Å². The number of carbonyl (C=O) groups excluding carboxylic acids is 2. The van der Waals surface area contributed by atoms with Crippen LogP contribution in [0.15, 0.2) is 29.3 Å². The van der Waals surface area contributed by atoms with Gasteiger partial charge in [-0.25, -0.2) is 0 Å². The van der Waals surface area contributed by atoms with Gasteiger partial charge in [-0.05, 0) is 30.4 Å². The normalized spacial score (nSPS) is 23.8. The number of carbonyl (C=O) groups is 2. The van der Waals surface area contributed by atoms with Crippen molar-refractivity contribution in [2.75, 3.05) is 30.3 Å². The predicted molar refractivity (Wildman–Crippen MR) is 103 cm³/mol. The van der Waals surface area contributed by atoms with Crippen molar-refractivity contribution in [1.29, 1.82) is 0 Å². The number of hydrogen-bond donors (Lipinski definition) is 0. The average Bonchev–Trinajstić information content (AvgIpc) is 2.93. The van der Waals surface area contributed by atoms with E-state index in [4.69, 9.17) is 11.6 Å². The highest BCUT2D eigenvalue weighted by Crippen LogP contribution is 2.30. The minimum atomic E-state index is -0.122. The molecule has 1 aromatic carbocycles. The van der Waals surface area contributed by atoms with Gasteiger partial charge < -0.3 is 4.90 Å². The Bertz CT molecular complexity index is 699. The maximum absolute atomic E-state index is 12.6. The summed E-state index contributed by atoms with van der Waals surface area (Å²) in [6.45, 7) is 6.08. The molecule has 1 fully saturated rings.